The summed E-state index contributed by atoms with van der Waals surface area (Å²) in [6.07, 6.45) is 2.00. The number of thiophene rings is 1. The Kier molecular flexibility index (Phi) is 5.45. The maximum Gasteiger partial charge on any atom is 0.227 e. The predicted octanol–water partition coefficient (Wildman–Crippen LogP) is 4.10. The molecule has 1 aliphatic heterocycles. The van der Waals surface area contributed by atoms with E-state index in [-0.39, 0.29) is 24.2 Å². The van der Waals surface area contributed by atoms with E-state index in [0.29, 0.717) is 13.1 Å². The van der Waals surface area contributed by atoms with Gasteiger partial charge < -0.3 is 10.2 Å². The van der Waals surface area contributed by atoms with Crippen molar-refractivity contribution < 1.29 is 9.59 Å². The highest BCUT2D eigenvalue weighted by Gasteiger charge is 2.35. The molecule has 4 rings (SSSR count). The van der Waals surface area contributed by atoms with Gasteiger partial charge in [-0.25, -0.2) is 0 Å². The number of nitrogens with zero attached hydrogens (tertiary/aromatic N) is 2. The Morgan fingerprint density at radius 1 is 1.21 bits per heavy atom. The Morgan fingerprint density at radius 3 is 2.83 bits per heavy atom. The Bertz CT molecular complexity index is 1050. The molecular formula is C23H23N3O2S. The van der Waals surface area contributed by atoms with E-state index in [4.69, 9.17) is 0 Å². The van der Waals surface area contributed by atoms with Crippen LogP contribution in [0, 0.1) is 19.8 Å². The minimum absolute atomic E-state index is 0.00272. The molecule has 148 valence electrons. The molecule has 2 aromatic heterocycles. The van der Waals surface area contributed by atoms with Crippen LogP contribution in [0.2, 0.25) is 0 Å². The maximum atomic E-state index is 12.7. The van der Waals surface area contributed by atoms with Gasteiger partial charge in [0.1, 0.15) is 0 Å². The number of amides is 2. The minimum Gasteiger partial charge on any atom is -0.352 e. The normalized spacial score (nSPS) is 16.3. The molecule has 0 aliphatic carbocycles. The van der Waals surface area contributed by atoms with Crippen LogP contribution in [0.1, 0.15) is 23.1 Å². The fraction of sp³-hybridized carbons (Fsp3) is 0.261. The monoisotopic (exact) mass is 405 g/mol. The van der Waals surface area contributed by atoms with Crippen molar-refractivity contribution in [1.29, 1.82) is 0 Å². The number of hydrogen-bond acceptors (Lipinski definition) is 4. The second-order valence-electron chi connectivity index (χ2n) is 7.45. The highest BCUT2D eigenvalue weighted by molar-refractivity contribution is 7.08. The van der Waals surface area contributed by atoms with Gasteiger partial charge in [0.2, 0.25) is 11.8 Å². The number of carbonyl (C=O) groups is 2. The third-order valence-electron chi connectivity index (χ3n) is 5.41. The predicted molar refractivity (Wildman–Crippen MR) is 116 cm³/mol. The van der Waals surface area contributed by atoms with Crippen LogP contribution in [-0.2, 0) is 16.1 Å². The van der Waals surface area contributed by atoms with Gasteiger partial charge in [0.15, 0.2) is 0 Å². The first-order valence-corrected chi connectivity index (χ1v) is 10.6. The molecule has 0 bridgehead atoms. The zero-order valence-electron chi connectivity index (χ0n) is 16.5. The van der Waals surface area contributed by atoms with E-state index in [0.717, 1.165) is 28.1 Å². The second kappa shape index (κ2) is 8.17. The number of carbonyl (C=O) groups excluding carboxylic acids is 2. The number of hydrogen-bond donors (Lipinski definition) is 1. The lowest BCUT2D eigenvalue weighted by Gasteiger charge is -2.18. The molecule has 2 amide bonds. The van der Waals surface area contributed by atoms with Crippen LogP contribution in [-0.4, -0.2) is 23.3 Å². The summed E-state index contributed by atoms with van der Waals surface area (Å²) < 4.78 is 0. The molecule has 3 heterocycles. The number of aromatic nitrogens is 1. The smallest absolute Gasteiger partial charge is 0.227 e. The van der Waals surface area contributed by atoms with Gasteiger partial charge in [0, 0.05) is 42.3 Å². The lowest BCUT2D eigenvalue weighted by Crippen LogP contribution is -2.32. The van der Waals surface area contributed by atoms with Gasteiger partial charge in [-0.1, -0.05) is 6.07 Å². The molecule has 1 N–H and O–H groups in total. The van der Waals surface area contributed by atoms with E-state index < -0.39 is 0 Å². The van der Waals surface area contributed by atoms with Gasteiger partial charge >= 0.3 is 0 Å². The largest absolute Gasteiger partial charge is 0.352 e. The van der Waals surface area contributed by atoms with Crippen LogP contribution in [0.25, 0.3) is 11.3 Å². The van der Waals surface area contributed by atoms with Crippen LogP contribution >= 0.6 is 11.3 Å². The van der Waals surface area contributed by atoms with Crippen molar-refractivity contribution in [2.24, 2.45) is 5.92 Å². The first kappa shape index (κ1) is 19.3. The Morgan fingerprint density at radius 2 is 2.07 bits per heavy atom. The van der Waals surface area contributed by atoms with Crippen LogP contribution in [0.3, 0.4) is 0 Å². The molecule has 1 saturated heterocycles. The Labute approximate surface area is 174 Å². The average molecular weight is 406 g/mol. The highest BCUT2D eigenvalue weighted by atomic mass is 32.1. The summed E-state index contributed by atoms with van der Waals surface area (Å²) in [4.78, 5) is 31.3. The molecule has 1 fully saturated rings. The summed E-state index contributed by atoms with van der Waals surface area (Å²) in [6, 6.07) is 11.9. The first-order chi connectivity index (χ1) is 14.0. The SMILES string of the molecule is Cc1ccc(N2CC(C(=O)NCc3ccnc(-c4ccsc4)c3)CC2=O)cc1C. The number of rotatable bonds is 5. The minimum atomic E-state index is -0.331. The molecular weight excluding hydrogens is 382 g/mol. The third kappa shape index (κ3) is 4.22. The summed E-state index contributed by atoms with van der Waals surface area (Å²) in [6.45, 7) is 4.92. The lowest BCUT2D eigenvalue weighted by molar-refractivity contribution is -0.126. The Balaban J connectivity index is 1.39. The van der Waals surface area contributed by atoms with Crippen LogP contribution in [0.15, 0.2) is 53.4 Å². The van der Waals surface area contributed by atoms with Gasteiger partial charge in [0.05, 0.1) is 11.6 Å². The van der Waals surface area contributed by atoms with E-state index in [9.17, 15) is 9.59 Å². The van der Waals surface area contributed by atoms with E-state index >= 15 is 0 Å². The number of aryl methyl sites for hydroxylation is 2. The van der Waals surface area contributed by atoms with Crippen molar-refractivity contribution in [1.82, 2.24) is 10.3 Å². The van der Waals surface area contributed by atoms with Crippen molar-refractivity contribution in [2.75, 3.05) is 11.4 Å². The summed E-state index contributed by atoms with van der Waals surface area (Å²) in [5.74, 6) is -0.419. The Hall–Kier alpha value is -2.99. The van der Waals surface area contributed by atoms with Gasteiger partial charge in [0.25, 0.3) is 0 Å². The molecule has 0 saturated carbocycles. The lowest BCUT2D eigenvalue weighted by atomic mass is 10.1. The fourth-order valence-electron chi connectivity index (χ4n) is 3.51. The fourth-order valence-corrected chi connectivity index (χ4v) is 4.16. The summed E-state index contributed by atoms with van der Waals surface area (Å²) >= 11 is 1.63. The van der Waals surface area contributed by atoms with Crippen molar-refractivity contribution >= 4 is 28.8 Å². The summed E-state index contributed by atoms with van der Waals surface area (Å²) in [5, 5.41) is 7.05. The van der Waals surface area contributed by atoms with E-state index in [1.165, 1.54) is 5.56 Å². The van der Waals surface area contributed by atoms with E-state index in [2.05, 4.69) is 15.7 Å². The third-order valence-corrected chi connectivity index (χ3v) is 6.09. The maximum absolute atomic E-state index is 12.7. The zero-order valence-corrected chi connectivity index (χ0v) is 17.3. The molecule has 6 heteroatoms. The van der Waals surface area contributed by atoms with E-state index in [1.807, 2.05) is 55.6 Å². The number of pyridine rings is 1. The van der Waals surface area contributed by atoms with Gasteiger partial charge in [-0.15, -0.1) is 0 Å². The van der Waals surface area contributed by atoms with Crippen molar-refractivity contribution in [3.05, 3.63) is 70.0 Å². The molecule has 0 radical (unpaired) electrons. The molecule has 1 unspecified atom stereocenters. The van der Waals surface area contributed by atoms with Crippen molar-refractivity contribution in [3.8, 4) is 11.3 Å². The van der Waals surface area contributed by atoms with Crippen LogP contribution < -0.4 is 10.2 Å². The standard InChI is InChI=1S/C23H23N3O2S/c1-15-3-4-20(9-16(15)2)26-13-19(11-22(26)27)23(28)25-12-17-5-7-24-21(10-17)18-6-8-29-14-18/h3-10,14,19H,11-13H2,1-2H3,(H,25,28). The molecule has 5 nitrogen and oxygen atoms in total. The number of anilines is 1. The molecule has 1 atom stereocenters. The van der Waals surface area contributed by atoms with Gasteiger partial charge in [-0.2, -0.15) is 11.3 Å². The topological polar surface area (TPSA) is 62.3 Å². The summed E-state index contributed by atoms with van der Waals surface area (Å²) in [5.41, 5.74) is 6.16. The van der Waals surface area contributed by atoms with Crippen molar-refractivity contribution in [2.45, 2.75) is 26.8 Å². The number of nitrogens with one attached hydrogen (secondary N) is 1. The average Bonchev–Trinajstić information content (AvgIpc) is 3.39. The zero-order chi connectivity index (χ0) is 20.4. The van der Waals surface area contributed by atoms with Crippen LogP contribution in [0.5, 0.6) is 0 Å². The first-order valence-electron chi connectivity index (χ1n) is 9.64. The second-order valence-corrected chi connectivity index (χ2v) is 8.23. The van der Waals surface area contributed by atoms with Gasteiger partial charge in [-0.05, 0) is 66.2 Å². The van der Waals surface area contributed by atoms with E-state index in [1.54, 1.807) is 22.4 Å². The molecule has 1 aliphatic rings. The molecule has 0 spiro atoms. The van der Waals surface area contributed by atoms with Gasteiger partial charge in [-0.3, -0.25) is 14.6 Å². The molecule has 1 aromatic carbocycles. The van der Waals surface area contributed by atoms with Crippen molar-refractivity contribution in [3.63, 3.8) is 0 Å². The summed E-state index contributed by atoms with van der Waals surface area (Å²) in [7, 11) is 0. The quantitative estimate of drug-likeness (QED) is 0.695. The molecule has 29 heavy (non-hydrogen) atoms. The molecule has 3 aromatic rings. The number of benzene rings is 1. The van der Waals surface area contributed by atoms with Crippen LogP contribution in [0.4, 0.5) is 5.69 Å². The highest BCUT2D eigenvalue weighted by Crippen LogP contribution is 2.27.